The Hall–Kier alpha value is -0.600. The molecule has 0 radical (unpaired) electrons. The third-order valence-electron chi connectivity index (χ3n) is 1.47. The van der Waals surface area contributed by atoms with E-state index in [1.54, 1.807) is 11.3 Å². The minimum absolute atomic E-state index is 0.569. The number of fused-ring (bicyclic) bond motifs is 1. The first-order chi connectivity index (χ1) is 5.25. The summed E-state index contributed by atoms with van der Waals surface area (Å²) >= 11 is 7.39. The maximum absolute atomic E-state index is 5.72. The number of pyridine rings is 1. The molecule has 0 spiro atoms. The molecule has 11 heavy (non-hydrogen) atoms. The third-order valence-corrected chi connectivity index (χ3v) is 2.64. The first-order valence-electron chi connectivity index (χ1n) is 3.28. The molecule has 0 unspecified atom stereocenters. The largest absolute Gasteiger partial charge is 0.225 e. The SMILES string of the molecule is Cc1cc2ccc(Cl)nc2s1. The second kappa shape index (κ2) is 2.47. The van der Waals surface area contributed by atoms with Crippen molar-refractivity contribution in [2.45, 2.75) is 6.92 Å². The molecule has 3 heteroatoms. The van der Waals surface area contributed by atoms with Gasteiger partial charge in [0.15, 0.2) is 0 Å². The lowest BCUT2D eigenvalue weighted by atomic mass is 10.3. The number of aromatic nitrogens is 1. The average molecular weight is 184 g/mol. The topological polar surface area (TPSA) is 12.9 Å². The van der Waals surface area contributed by atoms with E-state index in [4.69, 9.17) is 11.6 Å². The minimum Gasteiger partial charge on any atom is -0.225 e. The zero-order chi connectivity index (χ0) is 7.84. The Bertz CT molecular complexity index is 394. The molecular formula is C8H6ClNS. The van der Waals surface area contributed by atoms with Gasteiger partial charge in [-0.1, -0.05) is 11.6 Å². The Kier molecular flexibility index (Phi) is 1.59. The molecule has 0 aliphatic heterocycles. The molecule has 0 aromatic carbocycles. The summed E-state index contributed by atoms with van der Waals surface area (Å²) in [6.07, 6.45) is 0. The van der Waals surface area contributed by atoms with Gasteiger partial charge in [0.05, 0.1) is 0 Å². The molecule has 0 N–H and O–H groups in total. The van der Waals surface area contributed by atoms with E-state index >= 15 is 0 Å². The molecule has 0 bridgehead atoms. The minimum atomic E-state index is 0.569. The van der Waals surface area contributed by atoms with Crippen LogP contribution in [0.2, 0.25) is 5.15 Å². The molecular weight excluding hydrogens is 178 g/mol. The molecule has 0 aliphatic rings. The number of hydrogen-bond acceptors (Lipinski definition) is 2. The lowest BCUT2D eigenvalue weighted by Gasteiger charge is -1.87. The fourth-order valence-electron chi connectivity index (χ4n) is 1.02. The highest BCUT2D eigenvalue weighted by atomic mass is 35.5. The van der Waals surface area contributed by atoms with Gasteiger partial charge in [-0.2, -0.15) is 0 Å². The van der Waals surface area contributed by atoms with Crippen molar-refractivity contribution in [3.63, 3.8) is 0 Å². The average Bonchev–Trinajstić information content (AvgIpc) is 2.27. The van der Waals surface area contributed by atoms with Gasteiger partial charge < -0.3 is 0 Å². The van der Waals surface area contributed by atoms with Gasteiger partial charge in [0.1, 0.15) is 9.98 Å². The molecule has 56 valence electrons. The number of rotatable bonds is 0. The van der Waals surface area contributed by atoms with Gasteiger partial charge in [-0.15, -0.1) is 11.3 Å². The smallest absolute Gasteiger partial charge is 0.130 e. The number of nitrogens with zero attached hydrogens (tertiary/aromatic N) is 1. The van der Waals surface area contributed by atoms with Gasteiger partial charge in [-0.05, 0) is 25.1 Å². The maximum Gasteiger partial charge on any atom is 0.130 e. The Morgan fingerprint density at radius 2 is 2.27 bits per heavy atom. The van der Waals surface area contributed by atoms with Gasteiger partial charge in [-0.25, -0.2) is 4.98 Å². The van der Waals surface area contributed by atoms with Gasteiger partial charge >= 0.3 is 0 Å². The van der Waals surface area contributed by atoms with E-state index < -0.39 is 0 Å². The molecule has 0 saturated carbocycles. The van der Waals surface area contributed by atoms with Crippen LogP contribution in [0.5, 0.6) is 0 Å². The fourth-order valence-corrected chi connectivity index (χ4v) is 2.10. The molecule has 2 heterocycles. The van der Waals surface area contributed by atoms with Crippen LogP contribution in [-0.4, -0.2) is 4.98 Å². The second-order valence-corrected chi connectivity index (χ2v) is 4.01. The maximum atomic E-state index is 5.72. The van der Waals surface area contributed by atoms with Crippen LogP contribution in [0.4, 0.5) is 0 Å². The first-order valence-corrected chi connectivity index (χ1v) is 4.48. The second-order valence-electron chi connectivity index (χ2n) is 2.39. The highest BCUT2D eigenvalue weighted by Gasteiger charge is 1.98. The summed E-state index contributed by atoms with van der Waals surface area (Å²) in [6.45, 7) is 2.07. The van der Waals surface area contributed by atoms with Crippen LogP contribution in [-0.2, 0) is 0 Å². The lowest BCUT2D eigenvalue weighted by Crippen LogP contribution is -1.70. The van der Waals surface area contributed by atoms with Crippen LogP contribution in [0, 0.1) is 6.92 Å². The van der Waals surface area contributed by atoms with E-state index in [0.717, 1.165) is 4.83 Å². The molecule has 2 rings (SSSR count). The van der Waals surface area contributed by atoms with E-state index in [2.05, 4.69) is 18.0 Å². The van der Waals surface area contributed by atoms with E-state index in [-0.39, 0.29) is 0 Å². The van der Waals surface area contributed by atoms with E-state index in [1.807, 2.05) is 12.1 Å². The zero-order valence-electron chi connectivity index (χ0n) is 5.97. The van der Waals surface area contributed by atoms with E-state index in [0.29, 0.717) is 5.15 Å². The van der Waals surface area contributed by atoms with Crippen molar-refractivity contribution in [2.75, 3.05) is 0 Å². The summed E-state index contributed by atoms with van der Waals surface area (Å²) in [4.78, 5) is 6.48. The predicted molar refractivity (Wildman–Crippen MR) is 49.4 cm³/mol. The van der Waals surface area contributed by atoms with Gasteiger partial charge in [0.25, 0.3) is 0 Å². The first kappa shape index (κ1) is 7.07. The van der Waals surface area contributed by atoms with Crippen molar-refractivity contribution in [3.05, 3.63) is 28.2 Å². The summed E-state index contributed by atoms with van der Waals surface area (Å²) in [5, 5.41) is 1.75. The van der Waals surface area contributed by atoms with E-state index in [1.165, 1.54) is 10.3 Å². The number of halogens is 1. The molecule has 0 amide bonds. The zero-order valence-corrected chi connectivity index (χ0v) is 7.54. The Labute approximate surface area is 73.6 Å². The predicted octanol–water partition coefficient (Wildman–Crippen LogP) is 3.26. The summed E-state index contributed by atoms with van der Waals surface area (Å²) < 4.78 is 0. The van der Waals surface area contributed by atoms with Gasteiger partial charge in [0.2, 0.25) is 0 Å². The highest BCUT2D eigenvalue weighted by molar-refractivity contribution is 7.18. The fraction of sp³-hybridized carbons (Fsp3) is 0.125. The van der Waals surface area contributed by atoms with Crippen molar-refractivity contribution in [3.8, 4) is 0 Å². The van der Waals surface area contributed by atoms with Crippen LogP contribution in [0.1, 0.15) is 4.88 Å². The van der Waals surface area contributed by atoms with Crippen LogP contribution < -0.4 is 0 Å². The van der Waals surface area contributed by atoms with Crippen LogP contribution in [0.25, 0.3) is 10.2 Å². The summed E-state index contributed by atoms with van der Waals surface area (Å²) in [5.41, 5.74) is 0. The molecule has 0 fully saturated rings. The summed E-state index contributed by atoms with van der Waals surface area (Å²) in [7, 11) is 0. The van der Waals surface area contributed by atoms with Gasteiger partial charge in [-0.3, -0.25) is 0 Å². The highest BCUT2D eigenvalue weighted by Crippen LogP contribution is 2.24. The summed E-state index contributed by atoms with van der Waals surface area (Å²) in [5.74, 6) is 0. The third kappa shape index (κ3) is 1.24. The molecule has 1 nitrogen and oxygen atoms in total. The molecule has 0 aliphatic carbocycles. The molecule has 2 aromatic heterocycles. The van der Waals surface area contributed by atoms with Crippen molar-refractivity contribution in [1.29, 1.82) is 0 Å². The van der Waals surface area contributed by atoms with Crippen LogP contribution >= 0.6 is 22.9 Å². The van der Waals surface area contributed by atoms with Crippen molar-refractivity contribution < 1.29 is 0 Å². The number of hydrogen-bond donors (Lipinski definition) is 0. The number of aryl methyl sites for hydroxylation is 1. The lowest BCUT2D eigenvalue weighted by molar-refractivity contribution is 1.44. The monoisotopic (exact) mass is 183 g/mol. The normalized spacial score (nSPS) is 10.7. The van der Waals surface area contributed by atoms with E-state index in [9.17, 15) is 0 Å². The molecule has 2 aromatic rings. The summed E-state index contributed by atoms with van der Waals surface area (Å²) in [6, 6.07) is 5.92. The van der Waals surface area contributed by atoms with Crippen molar-refractivity contribution in [2.24, 2.45) is 0 Å². The molecule has 0 atom stereocenters. The number of thiophene rings is 1. The van der Waals surface area contributed by atoms with Crippen molar-refractivity contribution in [1.82, 2.24) is 4.98 Å². The Morgan fingerprint density at radius 1 is 1.45 bits per heavy atom. The Balaban J connectivity index is 2.82. The van der Waals surface area contributed by atoms with Crippen molar-refractivity contribution >= 4 is 33.2 Å². The standard InChI is InChI=1S/C8H6ClNS/c1-5-4-6-2-3-7(9)10-8(6)11-5/h2-4H,1H3. The van der Waals surface area contributed by atoms with Crippen LogP contribution in [0.15, 0.2) is 18.2 Å². The Morgan fingerprint density at radius 3 is 3.09 bits per heavy atom. The molecule has 0 saturated heterocycles. The van der Waals surface area contributed by atoms with Crippen LogP contribution in [0.3, 0.4) is 0 Å². The quantitative estimate of drug-likeness (QED) is 0.572. The van der Waals surface area contributed by atoms with Gasteiger partial charge in [0, 0.05) is 10.3 Å².